The minimum absolute atomic E-state index is 0.290. The van der Waals surface area contributed by atoms with E-state index in [1.54, 1.807) is 13.2 Å². The van der Waals surface area contributed by atoms with Gasteiger partial charge in [0.1, 0.15) is 0 Å². The first-order chi connectivity index (χ1) is 7.44. The van der Waals surface area contributed by atoms with Crippen LogP contribution < -0.4 is 10.1 Å². The summed E-state index contributed by atoms with van der Waals surface area (Å²) in [6, 6.07) is 0.290. The van der Waals surface area contributed by atoms with Gasteiger partial charge in [0.25, 0.3) is 0 Å². The first kappa shape index (κ1) is 13.4. The molecule has 0 spiro atoms. The van der Waals surface area contributed by atoms with Crippen molar-refractivity contribution in [3.63, 3.8) is 0 Å². The summed E-state index contributed by atoms with van der Waals surface area (Å²) in [6.45, 7) is 5.61. The molecule has 94 valence electrons. The van der Waals surface area contributed by atoms with Gasteiger partial charge >= 0.3 is 0 Å². The lowest BCUT2D eigenvalue weighted by atomic mass is 10.1. The SMILES string of the molecule is C=CN(C1CCNCC1)N(C)NS(C)(=O)=O. The number of hydrogen-bond donors (Lipinski definition) is 2. The van der Waals surface area contributed by atoms with Crippen molar-refractivity contribution in [2.75, 3.05) is 26.4 Å². The fraction of sp³-hybridized carbons (Fsp3) is 0.778. The molecular weight excluding hydrogens is 228 g/mol. The zero-order chi connectivity index (χ0) is 12.2. The van der Waals surface area contributed by atoms with Crippen molar-refractivity contribution in [3.05, 3.63) is 12.8 Å². The van der Waals surface area contributed by atoms with Crippen LogP contribution in [0.2, 0.25) is 0 Å². The van der Waals surface area contributed by atoms with Crippen molar-refractivity contribution in [1.82, 2.24) is 20.3 Å². The number of hydrazine groups is 2. The Morgan fingerprint density at radius 1 is 1.44 bits per heavy atom. The van der Waals surface area contributed by atoms with E-state index in [1.807, 2.05) is 5.01 Å². The summed E-state index contributed by atoms with van der Waals surface area (Å²) in [5, 5.41) is 6.55. The number of sulfonamides is 1. The predicted molar refractivity (Wildman–Crippen MR) is 63.7 cm³/mol. The molecular formula is C9H20N4O2S. The highest BCUT2D eigenvalue weighted by Gasteiger charge is 2.22. The lowest BCUT2D eigenvalue weighted by Crippen LogP contribution is -2.54. The highest BCUT2D eigenvalue weighted by molar-refractivity contribution is 7.88. The molecule has 1 fully saturated rings. The minimum Gasteiger partial charge on any atom is -0.317 e. The Hall–Kier alpha value is -0.630. The standard InChI is InChI=1S/C9H20N4O2S/c1-4-13(9-5-7-10-8-6-9)12(2)11-16(3,14)15/h4,9-11H,1,5-8H2,2-3H3. The van der Waals surface area contributed by atoms with E-state index in [4.69, 9.17) is 0 Å². The van der Waals surface area contributed by atoms with E-state index in [9.17, 15) is 8.42 Å². The number of nitrogens with zero attached hydrogens (tertiary/aromatic N) is 2. The van der Waals surface area contributed by atoms with Gasteiger partial charge in [-0.2, -0.15) is 0 Å². The monoisotopic (exact) mass is 248 g/mol. The van der Waals surface area contributed by atoms with Crippen molar-refractivity contribution in [3.8, 4) is 0 Å². The van der Waals surface area contributed by atoms with Gasteiger partial charge in [-0.05, 0) is 25.9 Å². The van der Waals surface area contributed by atoms with Gasteiger partial charge in [0.15, 0.2) is 0 Å². The maximum atomic E-state index is 11.1. The Kier molecular flexibility index (Phi) is 4.72. The Morgan fingerprint density at radius 2 is 2.00 bits per heavy atom. The number of hydrogen-bond acceptors (Lipinski definition) is 5. The van der Waals surface area contributed by atoms with E-state index >= 15 is 0 Å². The van der Waals surface area contributed by atoms with Gasteiger partial charge in [-0.3, -0.25) is 5.01 Å². The van der Waals surface area contributed by atoms with Gasteiger partial charge in [-0.25, -0.2) is 8.42 Å². The molecule has 0 bridgehead atoms. The molecule has 0 aliphatic carbocycles. The third-order valence-corrected chi connectivity index (χ3v) is 3.11. The maximum absolute atomic E-state index is 11.1. The Morgan fingerprint density at radius 3 is 2.44 bits per heavy atom. The summed E-state index contributed by atoms with van der Waals surface area (Å²) in [5.41, 5.74) is 0. The van der Waals surface area contributed by atoms with E-state index in [2.05, 4.69) is 16.7 Å². The zero-order valence-corrected chi connectivity index (χ0v) is 10.6. The summed E-state index contributed by atoms with van der Waals surface area (Å²) < 4.78 is 22.2. The number of piperidine rings is 1. The second-order valence-electron chi connectivity index (χ2n) is 3.93. The molecule has 1 rings (SSSR count). The van der Waals surface area contributed by atoms with Crippen LogP contribution in [0.1, 0.15) is 12.8 Å². The van der Waals surface area contributed by atoms with E-state index < -0.39 is 10.0 Å². The van der Waals surface area contributed by atoms with Crippen LogP contribution >= 0.6 is 0 Å². The van der Waals surface area contributed by atoms with Gasteiger partial charge in [-0.1, -0.05) is 6.58 Å². The second-order valence-corrected chi connectivity index (χ2v) is 5.66. The molecule has 0 unspecified atom stereocenters. The van der Waals surface area contributed by atoms with Crippen LogP contribution in [-0.2, 0) is 10.0 Å². The molecule has 16 heavy (non-hydrogen) atoms. The van der Waals surface area contributed by atoms with Gasteiger partial charge in [0, 0.05) is 19.3 Å². The highest BCUT2D eigenvalue weighted by Crippen LogP contribution is 2.12. The lowest BCUT2D eigenvalue weighted by Gasteiger charge is -2.38. The summed E-state index contributed by atoms with van der Waals surface area (Å²) in [5.74, 6) is 0. The van der Waals surface area contributed by atoms with Gasteiger partial charge < -0.3 is 5.32 Å². The molecule has 2 N–H and O–H groups in total. The summed E-state index contributed by atoms with van der Waals surface area (Å²) in [4.78, 5) is 2.41. The van der Waals surface area contributed by atoms with E-state index in [0.29, 0.717) is 0 Å². The Labute approximate surface area is 97.3 Å². The van der Waals surface area contributed by atoms with Crippen LogP contribution in [-0.4, -0.2) is 51.0 Å². The smallest absolute Gasteiger partial charge is 0.223 e. The average Bonchev–Trinajstić information content (AvgIpc) is 2.17. The molecule has 1 aliphatic heterocycles. The van der Waals surface area contributed by atoms with Gasteiger partial charge in [0.2, 0.25) is 10.0 Å². The molecule has 1 heterocycles. The second kappa shape index (κ2) is 5.62. The molecule has 7 heteroatoms. The normalized spacial score (nSPS) is 18.7. The fourth-order valence-electron chi connectivity index (χ4n) is 1.87. The van der Waals surface area contributed by atoms with Crippen LogP contribution in [0.25, 0.3) is 0 Å². The molecule has 0 aromatic carbocycles. The number of rotatable bonds is 5. The average molecular weight is 248 g/mol. The Bertz CT molecular complexity index is 324. The third-order valence-electron chi connectivity index (χ3n) is 2.51. The van der Waals surface area contributed by atoms with Crippen LogP contribution in [0, 0.1) is 0 Å². The van der Waals surface area contributed by atoms with Crippen molar-refractivity contribution < 1.29 is 8.42 Å². The van der Waals surface area contributed by atoms with Gasteiger partial charge in [-0.15, -0.1) is 9.95 Å². The number of nitrogens with one attached hydrogen (secondary N) is 2. The third kappa shape index (κ3) is 4.09. The van der Waals surface area contributed by atoms with Crippen LogP contribution in [0.4, 0.5) is 0 Å². The summed E-state index contributed by atoms with van der Waals surface area (Å²) in [6.07, 6.45) is 4.73. The van der Waals surface area contributed by atoms with Crippen molar-refractivity contribution >= 4 is 10.0 Å². The van der Waals surface area contributed by atoms with Crippen molar-refractivity contribution in [1.29, 1.82) is 0 Å². The molecule has 0 aromatic heterocycles. The zero-order valence-electron chi connectivity index (χ0n) is 9.81. The van der Waals surface area contributed by atoms with Gasteiger partial charge in [0.05, 0.1) is 6.26 Å². The van der Waals surface area contributed by atoms with E-state index in [0.717, 1.165) is 32.2 Å². The molecule has 0 radical (unpaired) electrons. The largest absolute Gasteiger partial charge is 0.317 e. The molecule has 6 nitrogen and oxygen atoms in total. The minimum atomic E-state index is -3.25. The van der Waals surface area contributed by atoms with E-state index in [-0.39, 0.29) is 6.04 Å². The molecule has 0 saturated carbocycles. The molecule has 0 atom stereocenters. The lowest BCUT2D eigenvalue weighted by molar-refractivity contribution is -0.0208. The Balaban J connectivity index is 2.61. The first-order valence-electron chi connectivity index (χ1n) is 5.26. The van der Waals surface area contributed by atoms with Crippen LogP contribution in [0.3, 0.4) is 0 Å². The maximum Gasteiger partial charge on any atom is 0.223 e. The first-order valence-corrected chi connectivity index (χ1v) is 7.16. The van der Waals surface area contributed by atoms with E-state index in [1.165, 1.54) is 5.12 Å². The van der Waals surface area contributed by atoms with Crippen molar-refractivity contribution in [2.45, 2.75) is 18.9 Å². The predicted octanol–water partition coefficient (Wildman–Crippen LogP) is -0.505. The van der Waals surface area contributed by atoms with Crippen LogP contribution in [0.15, 0.2) is 12.8 Å². The quantitative estimate of drug-likeness (QED) is 0.642. The molecule has 1 aliphatic rings. The molecule has 0 amide bonds. The molecule has 0 aromatic rings. The van der Waals surface area contributed by atoms with Crippen molar-refractivity contribution in [2.24, 2.45) is 0 Å². The topological polar surface area (TPSA) is 64.7 Å². The van der Waals surface area contributed by atoms with Crippen LogP contribution in [0.5, 0.6) is 0 Å². The highest BCUT2D eigenvalue weighted by atomic mass is 32.2. The fourth-order valence-corrected chi connectivity index (χ4v) is 2.45. The molecule has 1 saturated heterocycles. The summed E-state index contributed by atoms with van der Waals surface area (Å²) in [7, 11) is -1.57. The summed E-state index contributed by atoms with van der Waals surface area (Å²) >= 11 is 0.